The lowest BCUT2D eigenvalue weighted by atomic mass is 9.77. The van der Waals surface area contributed by atoms with E-state index in [2.05, 4.69) is 12.2 Å². The molecule has 1 aromatic rings. The van der Waals surface area contributed by atoms with Crippen LogP contribution >= 0.6 is 0 Å². The highest BCUT2D eigenvalue weighted by Gasteiger charge is 2.28. The molecular weight excluding hydrogens is 244 g/mol. The highest BCUT2D eigenvalue weighted by atomic mass is 19.1. The van der Waals surface area contributed by atoms with Gasteiger partial charge in [-0.15, -0.1) is 0 Å². The molecule has 1 N–H and O–H groups in total. The van der Waals surface area contributed by atoms with Crippen LogP contribution in [0.25, 0.3) is 0 Å². The van der Waals surface area contributed by atoms with Crippen molar-refractivity contribution < 1.29 is 8.78 Å². The standard InChI is InChI=1S/C16H23F2N/c1-10-4-6-12(7-5-10)16(19-3)13-9-14(17)11(2)8-15(13)18/h8-10,12,16,19H,4-7H2,1-3H3. The van der Waals surface area contributed by atoms with Crippen molar-refractivity contribution in [2.45, 2.75) is 45.6 Å². The molecule has 1 saturated carbocycles. The van der Waals surface area contributed by atoms with E-state index in [0.29, 0.717) is 17.0 Å². The SMILES string of the molecule is CNC(c1cc(F)c(C)cc1F)C1CCC(C)CC1. The second-order valence-electron chi connectivity index (χ2n) is 5.91. The van der Waals surface area contributed by atoms with E-state index in [-0.39, 0.29) is 17.7 Å². The molecule has 0 aliphatic heterocycles. The van der Waals surface area contributed by atoms with E-state index in [0.717, 1.165) is 18.8 Å². The van der Waals surface area contributed by atoms with Crippen LogP contribution in [0.1, 0.15) is 49.8 Å². The maximum absolute atomic E-state index is 14.1. The molecule has 1 fully saturated rings. The van der Waals surface area contributed by atoms with Crippen molar-refractivity contribution in [3.63, 3.8) is 0 Å². The van der Waals surface area contributed by atoms with Gasteiger partial charge >= 0.3 is 0 Å². The summed E-state index contributed by atoms with van der Waals surface area (Å²) in [6, 6.07) is 2.59. The third-order valence-electron chi connectivity index (χ3n) is 4.46. The molecule has 0 saturated heterocycles. The average Bonchev–Trinajstić information content (AvgIpc) is 2.38. The summed E-state index contributed by atoms with van der Waals surface area (Å²) in [5.74, 6) is 0.545. The molecule has 1 atom stereocenters. The van der Waals surface area contributed by atoms with Gasteiger partial charge in [0, 0.05) is 11.6 Å². The fourth-order valence-electron chi connectivity index (χ4n) is 3.16. The molecule has 1 aliphatic rings. The molecule has 1 aromatic carbocycles. The van der Waals surface area contributed by atoms with Crippen molar-refractivity contribution in [3.8, 4) is 0 Å². The molecular formula is C16H23F2N. The van der Waals surface area contributed by atoms with Crippen molar-refractivity contribution in [1.29, 1.82) is 0 Å². The molecule has 0 aromatic heterocycles. The van der Waals surface area contributed by atoms with Gasteiger partial charge in [0.05, 0.1) is 0 Å². The number of rotatable bonds is 3. The predicted octanol–water partition coefficient (Wildman–Crippen LogP) is 4.36. The van der Waals surface area contributed by atoms with Crippen molar-refractivity contribution in [3.05, 3.63) is 34.9 Å². The summed E-state index contributed by atoms with van der Waals surface area (Å²) in [6.07, 6.45) is 4.53. The van der Waals surface area contributed by atoms with Crippen LogP contribution in [0.4, 0.5) is 8.78 Å². The van der Waals surface area contributed by atoms with Gasteiger partial charge in [-0.2, -0.15) is 0 Å². The van der Waals surface area contributed by atoms with Gasteiger partial charge in [-0.25, -0.2) is 8.78 Å². The van der Waals surface area contributed by atoms with E-state index in [1.54, 1.807) is 6.92 Å². The van der Waals surface area contributed by atoms with Crippen LogP contribution in [0, 0.1) is 30.4 Å². The van der Waals surface area contributed by atoms with E-state index < -0.39 is 0 Å². The smallest absolute Gasteiger partial charge is 0.128 e. The number of aryl methyl sites for hydroxylation is 1. The summed E-state index contributed by atoms with van der Waals surface area (Å²) in [4.78, 5) is 0. The Morgan fingerprint density at radius 3 is 2.32 bits per heavy atom. The Labute approximate surface area is 114 Å². The molecule has 3 heteroatoms. The maximum Gasteiger partial charge on any atom is 0.128 e. The first-order valence-electron chi connectivity index (χ1n) is 7.15. The molecule has 19 heavy (non-hydrogen) atoms. The number of nitrogens with one attached hydrogen (secondary N) is 1. The Morgan fingerprint density at radius 2 is 1.74 bits per heavy atom. The van der Waals surface area contributed by atoms with E-state index in [4.69, 9.17) is 0 Å². The van der Waals surface area contributed by atoms with Gasteiger partial charge in [-0.1, -0.05) is 19.8 Å². The van der Waals surface area contributed by atoms with Gasteiger partial charge in [0.2, 0.25) is 0 Å². The normalized spacial score (nSPS) is 25.3. The Hall–Kier alpha value is -0.960. The molecule has 1 aliphatic carbocycles. The molecule has 1 unspecified atom stereocenters. The van der Waals surface area contributed by atoms with Gasteiger partial charge in [0.25, 0.3) is 0 Å². The van der Waals surface area contributed by atoms with Gasteiger partial charge in [0.15, 0.2) is 0 Å². The zero-order valence-corrected chi connectivity index (χ0v) is 12.0. The molecule has 106 valence electrons. The third-order valence-corrected chi connectivity index (χ3v) is 4.46. The van der Waals surface area contributed by atoms with Gasteiger partial charge < -0.3 is 5.32 Å². The summed E-state index contributed by atoms with van der Waals surface area (Å²) in [6.45, 7) is 3.86. The minimum Gasteiger partial charge on any atom is -0.313 e. The number of benzene rings is 1. The minimum atomic E-state index is -0.319. The zero-order chi connectivity index (χ0) is 14.0. The quantitative estimate of drug-likeness (QED) is 0.858. The van der Waals surface area contributed by atoms with Crippen LogP contribution in [-0.4, -0.2) is 7.05 Å². The number of hydrogen-bond acceptors (Lipinski definition) is 1. The fraction of sp³-hybridized carbons (Fsp3) is 0.625. The first-order chi connectivity index (χ1) is 9.02. The predicted molar refractivity (Wildman–Crippen MR) is 74.0 cm³/mol. The zero-order valence-electron chi connectivity index (χ0n) is 12.0. The summed E-state index contributed by atoms with van der Waals surface area (Å²) in [5.41, 5.74) is 0.846. The summed E-state index contributed by atoms with van der Waals surface area (Å²) >= 11 is 0. The lowest BCUT2D eigenvalue weighted by Crippen LogP contribution is -2.29. The van der Waals surface area contributed by atoms with E-state index in [1.165, 1.54) is 25.0 Å². The monoisotopic (exact) mass is 267 g/mol. The molecule has 0 radical (unpaired) electrons. The number of hydrogen-bond donors (Lipinski definition) is 1. The summed E-state index contributed by atoms with van der Waals surface area (Å²) in [5, 5.41) is 3.18. The van der Waals surface area contributed by atoms with E-state index in [9.17, 15) is 8.78 Å². The molecule has 0 spiro atoms. The van der Waals surface area contributed by atoms with Crippen LogP contribution < -0.4 is 5.32 Å². The van der Waals surface area contributed by atoms with Gasteiger partial charge in [0.1, 0.15) is 11.6 Å². The number of halogens is 2. The fourth-order valence-corrected chi connectivity index (χ4v) is 3.16. The average molecular weight is 267 g/mol. The third kappa shape index (κ3) is 3.14. The molecule has 0 bridgehead atoms. The van der Waals surface area contributed by atoms with E-state index in [1.807, 2.05) is 7.05 Å². The van der Waals surface area contributed by atoms with Crippen molar-refractivity contribution in [2.75, 3.05) is 7.05 Å². The summed E-state index contributed by atoms with van der Waals surface area (Å²) < 4.78 is 27.8. The van der Waals surface area contributed by atoms with Crippen LogP contribution in [0.3, 0.4) is 0 Å². The molecule has 2 rings (SSSR count). The Kier molecular flexibility index (Phi) is 4.56. The second kappa shape index (κ2) is 6.00. The first kappa shape index (κ1) is 14.4. The first-order valence-corrected chi connectivity index (χ1v) is 7.15. The Bertz CT molecular complexity index is 437. The van der Waals surface area contributed by atoms with E-state index >= 15 is 0 Å². The Morgan fingerprint density at radius 1 is 1.11 bits per heavy atom. The van der Waals surface area contributed by atoms with Gasteiger partial charge in [-0.05, 0) is 56.3 Å². The van der Waals surface area contributed by atoms with Crippen molar-refractivity contribution >= 4 is 0 Å². The van der Waals surface area contributed by atoms with Crippen LogP contribution in [0.15, 0.2) is 12.1 Å². The highest BCUT2D eigenvalue weighted by Crippen LogP contribution is 2.37. The van der Waals surface area contributed by atoms with Crippen LogP contribution in [-0.2, 0) is 0 Å². The van der Waals surface area contributed by atoms with Crippen LogP contribution in [0.2, 0.25) is 0 Å². The molecule has 1 nitrogen and oxygen atoms in total. The Balaban J connectivity index is 2.24. The second-order valence-corrected chi connectivity index (χ2v) is 5.91. The van der Waals surface area contributed by atoms with Crippen LogP contribution in [0.5, 0.6) is 0 Å². The van der Waals surface area contributed by atoms with Crippen molar-refractivity contribution in [1.82, 2.24) is 5.32 Å². The lowest BCUT2D eigenvalue weighted by Gasteiger charge is -2.33. The van der Waals surface area contributed by atoms with Gasteiger partial charge in [-0.3, -0.25) is 0 Å². The summed E-state index contributed by atoms with van der Waals surface area (Å²) in [7, 11) is 1.83. The molecule has 0 heterocycles. The largest absolute Gasteiger partial charge is 0.313 e. The maximum atomic E-state index is 14.1. The molecule has 0 amide bonds. The lowest BCUT2D eigenvalue weighted by molar-refractivity contribution is 0.234. The highest BCUT2D eigenvalue weighted by molar-refractivity contribution is 5.28. The minimum absolute atomic E-state index is 0.0809. The topological polar surface area (TPSA) is 12.0 Å². The van der Waals surface area contributed by atoms with Crippen molar-refractivity contribution in [2.24, 2.45) is 11.8 Å².